The summed E-state index contributed by atoms with van der Waals surface area (Å²) in [5, 5.41) is 2.65. The first kappa shape index (κ1) is 29.7. The molecule has 0 unspecified atom stereocenters. The van der Waals surface area contributed by atoms with E-state index in [2.05, 4.69) is 24.4 Å². The molecule has 1 aliphatic heterocycles. The number of ether oxygens (including phenoxy) is 1. The molecule has 0 radical (unpaired) electrons. The SMILES string of the molecule is CCCCCCC/C=C/CCCCCCCCCCCCCCCOC(=O)[C@@H]1CCC(=O)N1. The summed E-state index contributed by atoms with van der Waals surface area (Å²) in [7, 11) is 0. The average molecular weight is 464 g/mol. The molecule has 1 heterocycles. The second kappa shape index (κ2) is 22.5. The van der Waals surface area contributed by atoms with Crippen LogP contribution in [0.2, 0.25) is 0 Å². The van der Waals surface area contributed by atoms with E-state index in [0.29, 0.717) is 19.4 Å². The normalized spacial score (nSPS) is 15.9. The molecule has 1 fully saturated rings. The van der Waals surface area contributed by atoms with Crippen LogP contribution in [0.3, 0.4) is 0 Å². The van der Waals surface area contributed by atoms with Crippen molar-refractivity contribution >= 4 is 11.9 Å². The van der Waals surface area contributed by atoms with Crippen LogP contribution in [0.15, 0.2) is 12.2 Å². The number of hydrogen-bond donors (Lipinski definition) is 1. The van der Waals surface area contributed by atoms with Crippen molar-refractivity contribution in [2.75, 3.05) is 6.61 Å². The Balaban J connectivity index is 1.70. The summed E-state index contributed by atoms with van der Waals surface area (Å²) < 4.78 is 5.26. The summed E-state index contributed by atoms with van der Waals surface area (Å²) >= 11 is 0. The van der Waals surface area contributed by atoms with Gasteiger partial charge in [0, 0.05) is 6.42 Å². The van der Waals surface area contributed by atoms with Crippen LogP contribution in [0.5, 0.6) is 0 Å². The zero-order chi connectivity index (χ0) is 23.8. The number of unbranched alkanes of at least 4 members (excludes halogenated alkanes) is 18. The van der Waals surface area contributed by atoms with Crippen molar-refractivity contribution < 1.29 is 14.3 Å². The molecule has 0 bridgehead atoms. The summed E-state index contributed by atoms with van der Waals surface area (Å²) in [6, 6.07) is -0.408. The van der Waals surface area contributed by atoms with Gasteiger partial charge >= 0.3 is 5.97 Å². The predicted octanol–water partition coefficient (Wildman–Crippen LogP) is 8.19. The average Bonchev–Trinajstić information content (AvgIpc) is 3.26. The van der Waals surface area contributed by atoms with Crippen molar-refractivity contribution in [2.45, 2.75) is 154 Å². The number of allylic oxidation sites excluding steroid dienone is 2. The molecule has 1 atom stereocenters. The van der Waals surface area contributed by atoms with E-state index in [0.717, 1.165) is 12.8 Å². The monoisotopic (exact) mass is 463 g/mol. The van der Waals surface area contributed by atoms with Gasteiger partial charge in [-0.15, -0.1) is 0 Å². The van der Waals surface area contributed by atoms with Gasteiger partial charge in [0.15, 0.2) is 0 Å². The van der Waals surface area contributed by atoms with E-state index < -0.39 is 6.04 Å². The number of carbonyl (C=O) groups is 2. The van der Waals surface area contributed by atoms with Gasteiger partial charge in [-0.2, -0.15) is 0 Å². The fraction of sp³-hybridized carbons (Fsp3) is 0.862. The van der Waals surface area contributed by atoms with Gasteiger partial charge in [0.1, 0.15) is 6.04 Å². The topological polar surface area (TPSA) is 55.4 Å². The lowest BCUT2D eigenvalue weighted by Gasteiger charge is -2.09. The van der Waals surface area contributed by atoms with Gasteiger partial charge in [0.05, 0.1) is 6.61 Å². The Morgan fingerprint density at radius 3 is 1.67 bits per heavy atom. The zero-order valence-electron chi connectivity index (χ0n) is 21.7. The Kier molecular flexibility index (Phi) is 20.2. The van der Waals surface area contributed by atoms with E-state index >= 15 is 0 Å². The van der Waals surface area contributed by atoms with Crippen molar-refractivity contribution in [2.24, 2.45) is 0 Å². The summed E-state index contributed by atoms with van der Waals surface area (Å²) in [6.07, 6.45) is 32.3. The molecular weight excluding hydrogens is 410 g/mol. The first-order valence-electron chi connectivity index (χ1n) is 14.3. The minimum absolute atomic E-state index is 0.0426. The summed E-state index contributed by atoms with van der Waals surface area (Å²) in [5.41, 5.74) is 0. The molecule has 1 aliphatic rings. The second-order valence-electron chi connectivity index (χ2n) is 9.89. The van der Waals surface area contributed by atoms with Crippen LogP contribution in [0, 0.1) is 0 Å². The number of esters is 1. The van der Waals surface area contributed by atoms with Crippen LogP contribution in [0.25, 0.3) is 0 Å². The summed E-state index contributed by atoms with van der Waals surface area (Å²) in [6.45, 7) is 2.76. The quantitative estimate of drug-likeness (QED) is 0.0944. The van der Waals surface area contributed by atoms with E-state index in [4.69, 9.17) is 4.74 Å². The molecule has 0 spiro atoms. The lowest BCUT2D eigenvalue weighted by Crippen LogP contribution is -2.34. The first-order chi connectivity index (χ1) is 16.2. The molecule has 0 aromatic carbocycles. The molecule has 0 aliphatic carbocycles. The highest BCUT2D eigenvalue weighted by atomic mass is 16.5. The van der Waals surface area contributed by atoms with Crippen molar-refractivity contribution in [3.63, 3.8) is 0 Å². The fourth-order valence-electron chi connectivity index (χ4n) is 4.47. The molecule has 4 heteroatoms. The molecule has 0 aromatic heterocycles. The van der Waals surface area contributed by atoms with Gasteiger partial charge in [-0.05, 0) is 38.5 Å². The van der Waals surface area contributed by atoms with Crippen molar-refractivity contribution in [3.8, 4) is 0 Å². The van der Waals surface area contributed by atoms with E-state index in [-0.39, 0.29) is 11.9 Å². The lowest BCUT2D eigenvalue weighted by molar-refractivity contribution is -0.146. The third-order valence-corrected chi connectivity index (χ3v) is 6.68. The van der Waals surface area contributed by atoms with Gasteiger partial charge in [-0.25, -0.2) is 4.79 Å². The Morgan fingerprint density at radius 1 is 0.758 bits per heavy atom. The van der Waals surface area contributed by atoms with Crippen molar-refractivity contribution in [3.05, 3.63) is 12.2 Å². The fourth-order valence-corrected chi connectivity index (χ4v) is 4.47. The molecule has 1 N–H and O–H groups in total. The van der Waals surface area contributed by atoms with Crippen LogP contribution < -0.4 is 5.32 Å². The summed E-state index contributed by atoms with van der Waals surface area (Å²) in [4.78, 5) is 22.9. The van der Waals surface area contributed by atoms with Gasteiger partial charge in [-0.1, -0.05) is 115 Å². The standard InChI is InChI=1S/C29H53NO3/c1-2-3-4-5-6-7-8-9-10-11-12-13-14-15-16-17-18-19-20-21-22-23-26-33-29(32)27-24-25-28(31)30-27/h8-9,27H,2-7,10-26H2,1H3,(H,30,31)/b9-8+/t27-/m0/s1. The van der Waals surface area contributed by atoms with Crippen molar-refractivity contribution in [1.82, 2.24) is 5.32 Å². The maximum atomic E-state index is 11.8. The highest BCUT2D eigenvalue weighted by Crippen LogP contribution is 2.14. The zero-order valence-corrected chi connectivity index (χ0v) is 21.7. The van der Waals surface area contributed by atoms with E-state index in [9.17, 15) is 9.59 Å². The van der Waals surface area contributed by atoms with Gasteiger partial charge in [0.25, 0.3) is 0 Å². The van der Waals surface area contributed by atoms with Crippen LogP contribution in [-0.2, 0) is 14.3 Å². The minimum atomic E-state index is -0.408. The number of amides is 1. The number of nitrogens with one attached hydrogen (secondary N) is 1. The first-order valence-corrected chi connectivity index (χ1v) is 14.3. The number of hydrogen-bond acceptors (Lipinski definition) is 3. The smallest absolute Gasteiger partial charge is 0.328 e. The maximum Gasteiger partial charge on any atom is 0.328 e. The van der Waals surface area contributed by atoms with E-state index in [1.807, 2.05) is 0 Å². The highest BCUT2D eigenvalue weighted by Gasteiger charge is 2.28. The van der Waals surface area contributed by atoms with Crippen LogP contribution >= 0.6 is 0 Å². The lowest BCUT2D eigenvalue weighted by atomic mass is 10.0. The Hall–Kier alpha value is -1.32. The third-order valence-electron chi connectivity index (χ3n) is 6.68. The van der Waals surface area contributed by atoms with Gasteiger partial charge in [0.2, 0.25) is 5.91 Å². The van der Waals surface area contributed by atoms with Crippen LogP contribution in [0.4, 0.5) is 0 Å². The Bertz CT molecular complexity index is 503. The van der Waals surface area contributed by atoms with E-state index in [1.54, 1.807) is 0 Å². The highest BCUT2D eigenvalue weighted by molar-refractivity contribution is 5.87. The third kappa shape index (κ3) is 18.8. The van der Waals surface area contributed by atoms with Crippen molar-refractivity contribution in [1.29, 1.82) is 0 Å². The molecule has 0 saturated carbocycles. The van der Waals surface area contributed by atoms with Crippen LogP contribution in [-0.4, -0.2) is 24.5 Å². The molecule has 4 nitrogen and oxygen atoms in total. The molecule has 192 valence electrons. The van der Waals surface area contributed by atoms with Gasteiger partial charge < -0.3 is 10.1 Å². The Morgan fingerprint density at radius 2 is 1.21 bits per heavy atom. The summed E-state index contributed by atoms with van der Waals surface area (Å²) in [5.74, 6) is -0.305. The van der Waals surface area contributed by atoms with Crippen LogP contribution in [0.1, 0.15) is 148 Å². The predicted molar refractivity (Wildman–Crippen MR) is 139 cm³/mol. The molecule has 1 amide bonds. The van der Waals surface area contributed by atoms with Gasteiger partial charge in [-0.3, -0.25) is 4.79 Å². The molecule has 33 heavy (non-hydrogen) atoms. The second-order valence-corrected chi connectivity index (χ2v) is 9.89. The molecule has 1 saturated heterocycles. The maximum absolute atomic E-state index is 11.8. The Labute approximate surface area is 204 Å². The molecule has 1 rings (SSSR count). The molecule has 0 aromatic rings. The largest absolute Gasteiger partial charge is 0.464 e. The number of rotatable bonds is 23. The number of carbonyl (C=O) groups excluding carboxylic acids is 2. The van der Waals surface area contributed by atoms with E-state index in [1.165, 1.54) is 116 Å². The minimum Gasteiger partial charge on any atom is -0.464 e. The molecular formula is C29H53NO3.